The molecule has 47 heavy (non-hydrogen) atoms. The minimum atomic E-state index is 0.638. The molecule has 1 aliphatic rings. The van der Waals surface area contributed by atoms with Crippen molar-refractivity contribution in [1.82, 2.24) is 9.80 Å². The molecule has 280 valence electrons. The molecule has 0 aromatic carbocycles. The van der Waals surface area contributed by atoms with Crippen LogP contribution in [0.4, 0.5) is 0 Å². The molecule has 2 heteroatoms. The third-order valence-electron chi connectivity index (χ3n) is 11.1. The molecule has 0 N–H and O–H groups in total. The fourth-order valence-corrected chi connectivity index (χ4v) is 7.78. The SMILES string of the molecule is CCCCCCCCCCCCCCCCCCCN1C=CN(CCCCCCCCC)C1CCCCCCCCCCCCCC. The third kappa shape index (κ3) is 28.8. The Bertz CT molecular complexity index is 615. The Balaban J connectivity index is 2.14. The van der Waals surface area contributed by atoms with Crippen LogP contribution in [0.15, 0.2) is 12.4 Å². The monoisotopic (exact) mass is 659 g/mol. The summed E-state index contributed by atoms with van der Waals surface area (Å²) in [6.45, 7) is 9.49. The van der Waals surface area contributed by atoms with Gasteiger partial charge in [-0.15, -0.1) is 0 Å². The smallest absolute Gasteiger partial charge is 0.101 e. The van der Waals surface area contributed by atoms with E-state index in [0.717, 1.165) is 0 Å². The zero-order valence-electron chi connectivity index (χ0n) is 33.2. The van der Waals surface area contributed by atoms with Crippen molar-refractivity contribution in [2.24, 2.45) is 0 Å². The molecular weight excluding hydrogens is 569 g/mol. The molecule has 1 aliphatic heterocycles. The first-order valence-corrected chi connectivity index (χ1v) is 22.5. The first-order chi connectivity index (χ1) is 23.3. The zero-order valence-corrected chi connectivity index (χ0v) is 33.2. The highest BCUT2D eigenvalue weighted by Crippen LogP contribution is 2.24. The van der Waals surface area contributed by atoms with E-state index in [4.69, 9.17) is 0 Å². The number of nitrogens with zero attached hydrogens (tertiary/aromatic N) is 2. The van der Waals surface area contributed by atoms with Gasteiger partial charge in [-0.05, 0) is 25.7 Å². The first kappa shape index (κ1) is 44.4. The van der Waals surface area contributed by atoms with Gasteiger partial charge in [-0.2, -0.15) is 0 Å². The second kappa shape index (κ2) is 36.6. The van der Waals surface area contributed by atoms with Crippen LogP contribution in [0.1, 0.15) is 258 Å². The van der Waals surface area contributed by atoms with E-state index in [0.29, 0.717) is 6.17 Å². The maximum atomic E-state index is 2.73. The lowest BCUT2D eigenvalue weighted by atomic mass is 10.0. The lowest BCUT2D eigenvalue weighted by Gasteiger charge is -2.33. The van der Waals surface area contributed by atoms with Crippen molar-refractivity contribution in [2.75, 3.05) is 13.1 Å². The van der Waals surface area contributed by atoms with E-state index in [2.05, 4.69) is 43.0 Å². The van der Waals surface area contributed by atoms with Gasteiger partial charge in [-0.1, -0.05) is 233 Å². The standard InChI is InChI=1S/C45H90N2/c1-4-7-10-13-16-18-20-22-23-24-25-26-28-30-33-36-39-42-47-44-43-46(41-38-35-32-15-12-9-6-3)45(47)40-37-34-31-29-27-21-19-17-14-11-8-5-2/h43-45H,4-42H2,1-3H3. The Hall–Kier alpha value is -0.660. The van der Waals surface area contributed by atoms with Crippen molar-refractivity contribution in [3.8, 4) is 0 Å². The lowest BCUT2D eigenvalue weighted by Crippen LogP contribution is -2.39. The Labute approximate surface area is 299 Å². The van der Waals surface area contributed by atoms with Crippen molar-refractivity contribution >= 4 is 0 Å². The highest BCUT2D eigenvalue weighted by molar-refractivity contribution is 4.97. The van der Waals surface area contributed by atoms with Crippen LogP contribution < -0.4 is 0 Å². The number of unbranched alkanes of at least 4 members (excludes halogenated alkanes) is 33. The van der Waals surface area contributed by atoms with E-state index in [1.165, 1.54) is 251 Å². The maximum Gasteiger partial charge on any atom is 0.101 e. The van der Waals surface area contributed by atoms with Crippen molar-refractivity contribution in [3.63, 3.8) is 0 Å². The fourth-order valence-electron chi connectivity index (χ4n) is 7.78. The summed E-state index contributed by atoms with van der Waals surface area (Å²) in [6.07, 6.45) is 58.9. The van der Waals surface area contributed by atoms with Crippen LogP contribution in [-0.4, -0.2) is 29.1 Å². The molecule has 0 aliphatic carbocycles. The number of hydrogen-bond donors (Lipinski definition) is 0. The zero-order chi connectivity index (χ0) is 33.7. The van der Waals surface area contributed by atoms with Crippen LogP contribution in [0, 0.1) is 0 Å². The molecule has 1 heterocycles. The van der Waals surface area contributed by atoms with Crippen molar-refractivity contribution in [2.45, 2.75) is 265 Å². The van der Waals surface area contributed by atoms with Crippen molar-refractivity contribution in [3.05, 3.63) is 12.4 Å². The summed E-state index contributed by atoms with van der Waals surface area (Å²) in [4.78, 5) is 5.45. The predicted molar refractivity (Wildman–Crippen MR) is 214 cm³/mol. The van der Waals surface area contributed by atoms with E-state index in [-0.39, 0.29) is 0 Å². The van der Waals surface area contributed by atoms with Gasteiger partial charge in [0.05, 0.1) is 0 Å². The quantitative estimate of drug-likeness (QED) is 0.0606. The fraction of sp³-hybridized carbons (Fsp3) is 0.956. The summed E-state index contributed by atoms with van der Waals surface area (Å²) >= 11 is 0. The Morgan fingerprint density at radius 2 is 0.489 bits per heavy atom. The van der Waals surface area contributed by atoms with Gasteiger partial charge >= 0.3 is 0 Å². The largest absolute Gasteiger partial charge is 0.356 e. The average Bonchev–Trinajstić information content (AvgIpc) is 3.47. The van der Waals surface area contributed by atoms with Crippen LogP contribution in [0.2, 0.25) is 0 Å². The molecule has 1 unspecified atom stereocenters. The molecule has 0 radical (unpaired) electrons. The molecule has 0 amide bonds. The molecule has 2 nitrogen and oxygen atoms in total. The summed E-state index contributed by atoms with van der Waals surface area (Å²) in [5.41, 5.74) is 0. The second-order valence-corrected chi connectivity index (χ2v) is 15.7. The van der Waals surface area contributed by atoms with Gasteiger partial charge in [0.2, 0.25) is 0 Å². The predicted octanol–water partition coefficient (Wildman–Crippen LogP) is 15.9. The van der Waals surface area contributed by atoms with E-state index in [1.807, 2.05) is 0 Å². The van der Waals surface area contributed by atoms with Gasteiger partial charge in [-0.25, -0.2) is 0 Å². The summed E-state index contributed by atoms with van der Waals surface area (Å²) in [6, 6.07) is 0. The molecule has 0 aromatic rings. The minimum Gasteiger partial charge on any atom is -0.356 e. The summed E-state index contributed by atoms with van der Waals surface area (Å²) in [7, 11) is 0. The summed E-state index contributed by atoms with van der Waals surface area (Å²) < 4.78 is 0. The van der Waals surface area contributed by atoms with E-state index in [1.54, 1.807) is 0 Å². The second-order valence-electron chi connectivity index (χ2n) is 15.7. The van der Waals surface area contributed by atoms with Crippen LogP contribution in [0.5, 0.6) is 0 Å². The molecule has 0 saturated heterocycles. The lowest BCUT2D eigenvalue weighted by molar-refractivity contribution is 0.135. The van der Waals surface area contributed by atoms with Gasteiger partial charge in [0.15, 0.2) is 0 Å². The van der Waals surface area contributed by atoms with Gasteiger partial charge in [0.1, 0.15) is 6.17 Å². The van der Waals surface area contributed by atoms with Crippen molar-refractivity contribution < 1.29 is 0 Å². The number of rotatable bonds is 39. The molecule has 1 rings (SSSR count). The van der Waals surface area contributed by atoms with E-state index >= 15 is 0 Å². The molecule has 0 aromatic heterocycles. The highest BCUT2D eigenvalue weighted by atomic mass is 15.4. The Morgan fingerprint density at radius 1 is 0.277 bits per heavy atom. The molecule has 0 saturated carbocycles. The van der Waals surface area contributed by atoms with Gasteiger partial charge in [0, 0.05) is 25.5 Å². The van der Waals surface area contributed by atoms with Crippen LogP contribution in [0.25, 0.3) is 0 Å². The van der Waals surface area contributed by atoms with Crippen LogP contribution in [0.3, 0.4) is 0 Å². The van der Waals surface area contributed by atoms with Gasteiger partial charge < -0.3 is 9.80 Å². The maximum absolute atomic E-state index is 2.73. The molecule has 0 fully saturated rings. The van der Waals surface area contributed by atoms with E-state index < -0.39 is 0 Å². The molecular formula is C45H90N2. The molecule has 0 spiro atoms. The first-order valence-electron chi connectivity index (χ1n) is 22.5. The summed E-state index contributed by atoms with van der Waals surface area (Å²) in [5.74, 6) is 0. The van der Waals surface area contributed by atoms with Gasteiger partial charge in [0.25, 0.3) is 0 Å². The highest BCUT2D eigenvalue weighted by Gasteiger charge is 2.24. The van der Waals surface area contributed by atoms with Crippen LogP contribution >= 0.6 is 0 Å². The normalized spacial score (nSPS) is 14.7. The minimum absolute atomic E-state index is 0.638. The van der Waals surface area contributed by atoms with Crippen molar-refractivity contribution in [1.29, 1.82) is 0 Å². The summed E-state index contributed by atoms with van der Waals surface area (Å²) in [5, 5.41) is 0. The third-order valence-corrected chi connectivity index (χ3v) is 11.1. The molecule has 0 bridgehead atoms. The molecule has 1 atom stereocenters. The number of hydrogen-bond acceptors (Lipinski definition) is 2. The van der Waals surface area contributed by atoms with Gasteiger partial charge in [-0.3, -0.25) is 0 Å². The average molecular weight is 659 g/mol. The van der Waals surface area contributed by atoms with E-state index in [9.17, 15) is 0 Å². The topological polar surface area (TPSA) is 6.48 Å². The Morgan fingerprint density at radius 3 is 0.745 bits per heavy atom. The Kier molecular flexibility index (Phi) is 34.6. The van der Waals surface area contributed by atoms with Crippen LogP contribution in [-0.2, 0) is 0 Å².